The summed E-state index contributed by atoms with van der Waals surface area (Å²) in [5.41, 5.74) is 1.25. The fourth-order valence-electron chi connectivity index (χ4n) is 1.04. The van der Waals surface area contributed by atoms with Crippen molar-refractivity contribution in [3.63, 3.8) is 0 Å². The lowest BCUT2D eigenvalue weighted by atomic mass is 10.2. The number of hydrogen-bond acceptors (Lipinski definition) is 2. The standard InChI is InChI=1S/C9H6N2O/c12-9-7(4-6-11-9)8-3-1-2-5-10-8/h1-6H. The van der Waals surface area contributed by atoms with E-state index in [0.717, 1.165) is 0 Å². The van der Waals surface area contributed by atoms with Gasteiger partial charge < -0.3 is 0 Å². The molecule has 0 bridgehead atoms. The molecule has 1 aliphatic rings. The van der Waals surface area contributed by atoms with Crippen molar-refractivity contribution in [2.24, 2.45) is 4.99 Å². The Morgan fingerprint density at radius 1 is 1.25 bits per heavy atom. The van der Waals surface area contributed by atoms with E-state index < -0.39 is 0 Å². The van der Waals surface area contributed by atoms with Gasteiger partial charge in [-0.25, -0.2) is 4.99 Å². The molecule has 3 nitrogen and oxygen atoms in total. The molecule has 0 N–H and O–H groups in total. The van der Waals surface area contributed by atoms with Gasteiger partial charge in [-0.15, -0.1) is 0 Å². The van der Waals surface area contributed by atoms with E-state index >= 15 is 0 Å². The van der Waals surface area contributed by atoms with Crippen LogP contribution in [0.25, 0.3) is 5.57 Å². The second-order valence-corrected chi connectivity index (χ2v) is 2.38. The lowest BCUT2D eigenvalue weighted by Gasteiger charge is -1.95. The van der Waals surface area contributed by atoms with Crippen LogP contribution in [0.5, 0.6) is 0 Å². The van der Waals surface area contributed by atoms with Crippen molar-refractivity contribution in [3.8, 4) is 0 Å². The average Bonchev–Trinajstić information content (AvgIpc) is 2.53. The van der Waals surface area contributed by atoms with Crippen LogP contribution < -0.4 is 0 Å². The first-order valence-corrected chi connectivity index (χ1v) is 3.58. The fraction of sp³-hybridized carbons (Fsp3) is 0. The second-order valence-electron chi connectivity index (χ2n) is 2.38. The van der Waals surface area contributed by atoms with Gasteiger partial charge in [-0.05, 0) is 18.2 Å². The summed E-state index contributed by atoms with van der Waals surface area (Å²) >= 11 is 0. The Balaban J connectivity index is 2.40. The first kappa shape index (κ1) is 6.91. The van der Waals surface area contributed by atoms with Gasteiger partial charge in [-0.3, -0.25) is 9.78 Å². The van der Waals surface area contributed by atoms with Crippen molar-refractivity contribution in [1.29, 1.82) is 0 Å². The van der Waals surface area contributed by atoms with Crippen molar-refractivity contribution < 1.29 is 4.79 Å². The van der Waals surface area contributed by atoms with Crippen LogP contribution in [-0.2, 0) is 4.79 Å². The van der Waals surface area contributed by atoms with E-state index in [0.29, 0.717) is 11.3 Å². The van der Waals surface area contributed by atoms with Gasteiger partial charge in [0.25, 0.3) is 5.91 Å². The summed E-state index contributed by atoms with van der Waals surface area (Å²) < 4.78 is 0. The zero-order valence-corrected chi connectivity index (χ0v) is 6.27. The maximum absolute atomic E-state index is 11.1. The summed E-state index contributed by atoms with van der Waals surface area (Å²) in [6.45, 7) is 0. The monoisotopic (exact) mass is 158 g/mol. The zero-order valence-electron chi connectivity index (χ0n) is 6.27. The van der Waals surface area contributed by atoms with Crippen LogP contribution in [0.1, 0.15) is 5.69 Å². The molecule has 1 amide bonds. The molecule has 0 saturated carbocycles. The SMILES string of the molecule is O=C1N=CC=C1c1ccccn1. The van der Waals surface area contributed by atoms with Gasteiger partial charge in [-0.2, -0.15) is 0 Å². The Labute approximate surface area is 69.5 Å². The number of nitrogens with zero attached hydrogens (tertiary/aromatic N) is 2. The highest BCUT2D eigenvalue weighted by atomic mass is 16.1. The third-order valence-electron chi connectivity index (χ3n) is 1.60. The first-order chi connectivity index (χ1) is 5.88. The number of amides is 1. The number of pyridine rings is 1. The fourth-order valence-corrected chi connectivity index (χ4v) is 1.04. The van der Waals surface area contributed by atoms with Crippen molar-refractivity contribution in [3.05, 3.63) is 36.2 Å². The molecule has 1 aromatic rings. The Morgan fingerprint density at radius 2 is 2.17 bits per heavy atom. The quantitative estimate of drug-likeness (QED) is 0.613. The maximum atomic E-state index is 11.1. The summed E-state index contributed by atoms with van der Waals surface area (Å²) in [6.07, 6.45) is 4.82. The highest BCUT2D eigenvalue weighted by Crippen LogP contribution is 2.15. The lowest BCUT2D eigenvalue weighted by molar-refractivity contribution is -0.112. The van der Waals surface area contributed by atoms with Crippen LogP contribution in [0.15, 0.2) is 35.5 Å². The minimum absolute atomic E-state index is 0.214. The number of allylic oxidation sites excluding steroid dienone is 1. The number of carbonyl (C=O) groups excluding carboxylic acids is 1. The van der Waals surface area contributed by atoms with Gasteiger partial charge in [0.05, 0.1) is 11.3 Å². The molecular weight excluding hydrogens is 152 g/mol. The molecule has 0 fully saturated rings. The third kappa shape index (κ3) is 1.05. The number of aliphatic imine (C=N–C) groups is 1. The molecule has 0 atom stereocenters. The molecule has 12 heavy (non-hydrogen) atoms. The average molecular weight is 158 g/mol. The van der Waals surface area contributed by atoms with E-state index in [1.807, 2.05) is 12.1 Å². The molecule has 2 rings (SSSR count). The molecule has 3 heteroatoms. The summed E-state index contributed by atoms with van der Waals surface area (Å²) in [7, 11) is 0. The van der Waals surface area contributed by atoms with Crippen molar-refractivity contribution >= 4 is 17.7 Å². The van der Waals surface area contributed by atoms with Gasteiger partial charge in [0, 0.05) is 12.4 Å². The van der Waals surface area contributed by atoms with Crippen molar-refractivity contribution in [2.45, 2.75) is 0 Å². The predicted octanol–water partition coefficient (Wildman–Crippen LogP) is 1.08. The first-order valence-electron chi connectivity index (χ1n) is 3.58. The summed E-state index contributed by atoms with van der Waals surface area (Å²) in [4.78, 5) is 18.7. The molecule has 1 aliphatic heterocycles. The van der Waals surface area contributed by atoms with Gasteiger partial charge in [-0.1, -0.05) is 6.07 Å². The molecule has 0 unspecified atom stereocenters. The van der Waals surface area contributed by atoms with Crippen LogP contribution in [0.4, 0.5) is 0 Å². The van der Waals surface area contributed by atoms with Crippen LogP contribution in [0.3, 0.4) is 0 Å². The van der Waals surface area contributed by atoms with Crippen LogP contribution in [-0.4, -0.2) is 17.1 Å². The van der Waals surface area contributed by atoms with Crippen molar-refractivity contribution in [2.75, 3.05) is 0 Å². The molecule has 0 spiro atoms. The van der Waals surface area contributed by atoms with Gasteiger partial charge >= 0.3 is 0 Å². The van der Waals surface area contributed by atoms with E-state index in [1.165, 1.54) is 6.21 Å². The van der Waals surface area contributed by atoms with Crippen molar-refractivity contribution in [1.82, 2.24) is 4.98 Å². The van der Waals surface area contributed by atoms with Gasteiger partial charge in [0.15, 0.2) is 0 Å². The minimum atomic E-state index is -0.214. The van der Waals surface area contributed by atoms with E-state index in [2.05, 4.69) is 9.98 Å². The number of carbonyl (C=O) groups is 1. The van der Waals surface area contributed by atoms with Crippen LogP contribution in [0.2, 0.25) is 0 Å². The second kappa shape index (κ2) is 2.70. The highest BCUT2D eigenvalue weighted by Gasteiger charge is 2.13. The highest BCUT2D eigenvalue weighted by molar-refractivity contribution is 6.28. The minimum Gasteiger partial charge on any atom is -0.267 e. The maximum Gasteiger partial charge on any atom is 0.279 e. The molecule has 0 saturated heterocycles. The zero-order chi connectivity index (χ0) is 8.39. The molecule has 2 heterocycles. The largest absolute Gasteiger partial charge is 0.279 e. The number of hydrogen-bond donors (Lipinski definition) is 0. The molecule has 58 valence electrons. The molecule has 0 aromatic carbocycles. The number of rotatable bonds is 1. The Morgan fingerprint density at radius 3 is 2.75 bits per heavy atom. The molecule has 1 aromatic heterocycles. The van der Waals surface area contributed by atoms with E-state index in [9.17, 15) is 4.79 Å². The van der Waals surface area contributed by atoms with Crippen LogP contribution in [0, 0.1) is 0 Å². The van der Waals surface area contributed by atoms with Gasteiger partial charge in [0.2, 0.25) is 0 Å². The van der Waals surface area contributed by atoms with E-state index in [4.69, 9.17) is 0 Å². The smallest absolute Gasteiger partial charge is 0.267 e. The molecule has 0 radical (unpaired) electrons. The lowest BCUT2D eigenvalue weighted by Crippen LogP contribution is -1.95. The Kier molecular flexibility index (Phi) is 1.55. The van der Waals surface area contributed by atoms with E-state index in [1.54, 1.807) is 18.3 Å². The topological polar surface area (TPSA) is 42.3 Å². The summed E-state index contributed by atoms with van der Waals surface area (Å²) in [5, 5.41) is 0. The number of aromatic nitrogens is 1. The summed E-state index contributed by atoms with van der Waals surface area (Å²) in [6, 6.07) is 5.44. The predicted molar refractivity (Wildman–Crippen MR) is 45.7 cm³/mol. The molecular formula is C9H6N2O. The molecule has 0 aliphatic carbocycles. The Bertz CT molecular complexity index is 365. The van der Waals surface area contributed by atoms with E-state index in [-0.39, 0.29) is 5.91 Å². The normalized spacial score (nSPS) is 15.0. The summed E-state index contributed by atoms with van der Waals surface area (Å²) in [5.74, 6) is -0.214. The Hall–Kier alpha value is -1.77. The third-order valence-corrected chi connectivity index (χ3v) is 1.60. The van der Waals surface area contributed by atoms with Crippen LogP contribution >= 0.6 is 0 Å². The van der Waals surface area contributed by atoms with Gasteiger partial charge in [0.1, 0.15) is 0 Å².